The molecule has 0 saturated carbocycles. The lowest BCUT2D eigenvalue weighted by Gasteiger charge is -2.04. The molecule has 0 radical (unpaired) electrons. The summed E-state index contributed by atoms with van der Waals surface area (Å²) in [6, 6.07) is 9.29. The number of aryl methyl sites for hydroxylation is 4. The number of fused-ring (bicyclic) bond motifs is 8. The van der Waals surface area contributed by atoms with Crippen molar-refractivity contribution >= 4 is 44.4 Å². The summed E-state index contributed by atoms with van der Waals surface area (Å²) in [7, 11) is 0. The van der Waals surface area contributed by atoms with Gasteiger partial charge in [0.2, 0.25) is 0 Å². The smallest absolute Gasteiger partial charge is 0.0693 e. The van der Waals surface area contributed by atoms with Crippen LogP contribution < -0.4 is 0 Å². The zero-order valence-electron chi connectivity index (χ0n) is 28.7. The highest BCUT2D eigenvalue weighted by Crippen LogP contribution is 2.38. The molecule has 4 nitrogen and oxygen atoms in total. The van der Waals surface area contributed by atoms with Gasteiger partial charge in [-0.1, -0.05) is 53.4 Å². The standard InChI is InChI=1S/C40H54N4/c1-9-13-17-29-25(5)33-21-34-27(7)31(19-15-11-3)39(43-34)24-40-32(20-16-12-4)28(8)36(44-40)22-35-26(6)30(18-14-10-2)38(42-35)23-37(29)41-33/h21-24,41,43H,9-20H2,1-8H3. The number of hydrogen-bond donors (Lipinski definition) is 2. The SMILES string of the molecule is CCCCC1=C(C)c2cc3nc(cc4[nH]c(cc5[nH]c(cc1n2)c(CCCC)c5C)c(C)c4CCCC)C(CCCC)=C3C. The summed E-state index contributed by atoms with van der Waals surface area (Å²) in [5, 5.41) is 0. The molecule has 0 amide bonds. The van der Waals surface area contributed by atoms with Gasteiger partial charge >= 0.3 is 0 Å². The third-order valence-electron chi connectivity index (χ3n) is 9.92. The topological polar surface area (TPSA) is 57.4 Å². The molecule has 0 fully saturated rings. The Kier molecular flexibility index (Phi) is 10.3. The van der Waals surface area contributed by atoms with Crippen LogP contribution >= 0.6 is 0 Å². The molecule has 0 saturated heterocycles. The first-order chi connectivity index (χ1) is 21.3. The van der Waals surface area contributed by atoms with Crippen LogP contribution in [0.2, 0.25) is 0 Å². The molecule has 3 aromatic rings. The molecule has 0 spiro atoms. The van der Waals surface area contributed by atoms with Gasteiger partial charge < -0.3 is 9.97 Å². The second kappa shape index (κ2) is 14.1. The first-order valence-corrected chi connectivity index (χ1v) is 17.4. The van der Waals surface area contributed by atoms with E-state index in [2.05, 4.69) is 89.6 Å². The maximum atomic E-state index is 5.32. The number of nitrogens with one attached hydrogen (secondary N) is 2. The molecule has 2 aliphatic rings. The zero-order valence-corrected chi connectivity index (χ0v) is 28.7. The quantitative estimate of drug-likeness (QED) is 0.220. The molecule has 0 aliphatic carbocycles. The van der Waals surface area contributed by atoms with Crippen molar-refractivity contribution in [1.82, 2.24) is 19.9 Å². The van der Waals surface area contributed by atoms with Gasteiger partial charge in [0.15, 0.2) is 0 Å². The average Bonchev–Trinajstić information content (AvgIpc) is 3.66. The van der Waals surface area contributed by atoms with E-state index < -0.39 is 0 Å². The summed E-state index contributed by atoms with van der Waals surface area (Å²) < 4.78 is 0. The van der Waals surface area contributed by atoms with Crippen LogP contribution in [0.5, 0.6) is 0 Å². The van der Waals surface area contributed by atoms with Gasteiger partial charge in [0.1, 0.15) is 0 Å². The summed E-state index contributed by atoms with van der Waals surface area (Å²) in [4.78, 5) is 18.4. The van der Waals surface area contributed by atoms with Crippen LogP contribution in [0.3, 0.4) is 0 Å². The van der Waals surface area contributed by atoms with E-state index in [1.54, 1.807) is 0 Å². The fourth-order valence-corrected chi connectivity index (χ4v) is 6.91. The molecular formula is C40H54N4. The van der Waals surface area contributed by atoms with Crippen molar-refractivity contribution in [3.8, 4) is 0 Å². The van der Waals surface area contributed by atoms with E-state index in [0.717, 1.165) is 48.5 Å². The third kappa shape index (κ3) is 6.36. The number of hydrogen-bond acceptors (Lipinski definition) is 2. The molecule has 2 N–H and O–H groups in total. The van der Waals surface area contributed by atoms with Crippen molar-refractivity contribution in [2.75, 3.05) is 0 Å². The number of unbranched alkanes of at least 4 members (excludes halogenated alkanes) is 4. The Morgan fingerprint density at radius 3 is 1.23 bits per heavy atom. The number of H-pyrrole nitrogens is 2. The van der Waals surface area contributed by atoms with Crippen molar-refractivity contribution < 1.29 is 0 Å². The zero-order chi connectivity index (χ0) is 31.4. The van der Waals surface area contributed by atoms with E-state index in [4.69, 9.17) is 9.97 Å². The highest BCUT2D eigenvalue weighted by molar-refractivity contribution is 5.95. The van der Waals surface area contributed by atoms with E-state index in [0.29, 0.717) is 0 Å². The fraction of sp³-hybridized carbons (Fsp3) is 0.500. The van der Waals surface area contributed by atoms with Gasteiger partial charge in [-0.2, -0.15) is 0 Å². The molecule has 0 atom stereocenters. The molecule has 44 heavy (non-hydrogen) atoms. The maximum absolute atomic E-state index is 5.32. The lowest BCUT2D eigenvalue weighted by molar-refractivity contribution is 0.796. The van der Waals surface area contributed by atoms with Gasteiger partial charge in [-0.3, -0.25) is 0 Å². The first-order valence-electron chi connectivity index (χ1n) is 17.4. The summed E-state index contributed by atoms with van der Waals surface area (Å²) in [5.74, 6) is 0. The van der Waals surface area contributed by atoms with E-state index in [1.165, 1.54) is 118 Å². The largest absolute Gasteiger partial charge is 0.355 e. The van der Waals surface area contributed by atoms with Crippen LogP contribution in [0, 0.1) is 13.8 Å². The summed E-state index contributed by atoms with van der Waals surface area (Å²) in [6.07, 6.45) is 13.7. The van der Waals surface area contributed by atoms with Crippen LogP contribution in [0.4, 0.5) is 0 Å². The van der Waals surface area contributed by atoms with Crippen LogP contribution in [0.15, 0.2) is 24.3 Å². The molecule has 234 valence electrons. The van der Waals surface area contributed by atoms with Crippen molar-refractivity contribution in [2.45, 2.75) is 132 Å². The predicted octanol–water partition coefficient (Wildman–Crippen LogP) is 11.9. The first kappa shape index (κ1) is 32.0. The summed E-state index contributed by atoms with van der Waals surface area (Å²) >= 11 is 0. The Labute approximate surface area is 265 Å². The van der Waals surface area contributed by atoms with E-state index in [9.17, 15) is 0 Å². The fourth-order valence-electron chi connectivity index (χ4n) is 6.91. The summed E-state index contributed by atoms with van der Waals surface area (Å²) in [5.41, 5.74) is 20.1. The normalized spacial score (nSPS) is 13.5. The van der Waals surface area contributed by atoms with Crippen molar-refractivity contribution in [3.05, 3.63) is 69.3 Å². The second-order valence-corrected chi connectivity index (χ2v) is 13.1. The number of rotatable bonds is 12. The van der Waals surface area contributed by atoms with Gasteiger partial charge in [-0.15, -0.1) is 0 Å². The van der Waals surface area contributed by atoms with E-state index >= 15 is 0 Å². The van der Waals surface area contributed by atoms with Gasteiger partial charge in [0.05, 0.1) is 22.8 Å². The number of aromatic amines is 2. The highest BCUT2D eigenvalue weighted by Gasteiger charge is 2.21. The van der Waals surface area contributed by atoms with Crippen molar-refractivity contribution in [1.29, 1.82) is 0 Å². The van der Waals surface area contributed by atoms with Gasteiger partial charge in [0, 0.05) is 22.1 Å². The lowest BCUT2D eigenvalue weighted by Crippen LogP contribution is -1.88. The Balaban J connectivity index is 1.91. The van der Waals surface area contributed by atoms with Gasteiger partial charge in [-0.25, -0.2) is 9.97 Å². The van der Waals surface area contributed by atoms with Crippen LogP contribution in [0.1, 0.15) is 151 Å². The van der Waals surface area contributed by atoms with E-state index in [-0.39, 0.29) is 0 Å². The molecule has 4 heteroatoms. The molecule has 0 aromatic carbocycles. The van der Waals surface area contributed by atoms with Crippen LogP contribution in [-0.2, 0) is 12.8 Å². The molecule has 2 aliphatic heterocycles. The Morgan fingerprint density at radius 1 is 0.455 bits per heavy atom. The van der Waals surface area contributed by atoms with Gasteiger partial charge in [-0.05, 0) is 148 Å². The van der Waals surface area contributed by atoms with E-state index in [1.807, 2.05) is 0 Å². The lowest BCUT2D eigenvalue weighted by atomic mass is 9.98. The second-order valence-electron chi connectivity index (χ2n) is 13.1. The number of nitrogens with zero attached hydrogens (tertiary/aromatic N) is 2. The number of aromatic nitrogens is 4. The molecule has 5 rings (SSSR count). The van der Waals surface area contributed by atoms with Crippen LogP contribution in [0.25, 0.3) is 44.4 Å². The third-order valence-corrected chi connectivity index (χ3v) is 9.92. The molecule has 8 bridgehead atoms. The Morgan fingerprint density at radius 2 is 0.841 bits per heavy atom. The maximum Gasteiger partial charge on any atom is 0.0693 e. The molecular weight excluding hydrogens is 536 g/mol. The Bertz CT molecular complexity index is 1620. The monoisotopic (exact) mass is 590 g/mol. The minimum absolute atomic E-state index is 1.05. The molecule has 0 unspecified atom stereocenters. The van der Waals surface area contributed by atoms with Crippen molar-refractivity contribution in [3.63, 3.8) is 0 Å². The van der Waals surface area contributed by atoms with Gasteiger partial charge in [0.25, 0.3) is 0 Å². The molecule has 3 aromatic heterocycles. The average molecular weight is 591 g/mol. The Hall–Kier alpha value is -3.40. The predicted molar refractivity (Wildman–Crippen MR) is 192 cm³/mol. The summed E-state index contributed by atoms with van der Waals surface area (Å²) in [6.45, 7) is 18.2. The number of allylic oxidation sites excluding steroid dienone is 4. The molecule has 5 heterocycles. The van der Waals surface area contributed by atoms with Crippen molar-refractivity contribution in [2.24, 2.45) is 0 Å². The highest BCUT2D eigenvalue weighted by atomic mass is 14.8. The van der Waals surface area contributed by atoms with Crippen LogP contribution in [-0.4, -0.2) is 19.9 Å². The minimum Gasteiger partial charge on any atom is -0.355 e. The minimum atomic E-state index is 1.05.